The summed E-state index contributed by atoms with van der Waals surface area (Å²) >= 11 is 1.49. The Bertz CT molecular complexity index is 429. The van der Waals surface area contributed by atoms with Gasteiger partial charge in [-0.3, -0.25) is 0 Å². The van der Waals surface area contributed by atoms with E-state index >= 15 is 0 Å². The number of nitrogens with zero attached hydrogens (tertiary/aromatic N) is 2. The first-order valence-corrected chi connectivity index (χ1v) is 8.08. The molecule has 0 fully saturated rings. The monoisotopic (exact) mass is 298 g/mol. The maximum Gasteiger partial charge on any atom is 0.355 e. The van der Waals surface area contributed by atoms with Crippen LogP contribution >= 0.6 is 11.3 Å². The van der Waals surface area contributed by atoms with Gasteiger partial charge < -0.3 is 10.0 Å². The molecule has 1 aromatic heterocycles. The maximum atomic E-state index is 11.1. The van der Waals surface area contributed by atoms with Crippen LogP contribution in [0.15, 0.2) is 0 Å². The van der Waals surface area contributed by atoms with Gasteiger partial charge in [-0.1, -0.05) is 27.7 Å². The van der Waals surface area contributed by atoms with E-state index in [1.54, 1.807) is 0 Å². The largest absolute Gasteiger partial charge is 0.476 e. The third-order valence-electron chi connectivity index (χ3n) is 3.21. The minimum absolute atomic E-state index is 0.198. The molecule has 0 aromatic carbocycles. The molecule has 1 heterocycles. The van der Waals surface area contributed by atoms with Gasteiger partial charge in [0.15, 0.2) is 10.8 Å². The molecule has 0 radical (unpaired) electrons. The number of hydrogen-bond donors (Lipinski definition) is 1. The zero-order chi connectivity index (χ0) is 15.3. The lowest BCUT2D eigenvalue weighted by Crippen LogP contribution is -2.27. The van der Waals surface area contributed by atoms with Gasteiger partial charge in [-0.25, -0.2) is 9.78 Å². The Hall–Kier alpha value is -1.10. The van der Waals surface area contributed by atoms with E-state index in [0.29, 0.717) is 11.8 Å². The van der Waals surface area contributed by atoms with Crippen molar-refractivity contribution in [2.45, 2.75) is 47.5 Å². The van der Waals surface area contributed by atoms with Crippen molar-refractivity contribution in [2.24, 2.45) is 11.8 Å². The van der Waals surface area contributed by atoms with Crippen LogP contribution in [0.5, 0.6) is 0 Å². The van der Waals surface area contributed by atoms with E-state index in [1.807, 2.05) is 6.92 Å². The molecule has 0 spiro atoms. The highest BCUT2D eigenvalue weighted by Gasteiger charge is 2.18. The van der Waals surface area contributed by atoms with Crippen LogP contribution in [0.2, 0.25) is 0 Å². The quantitative estimate of drug-likeness (QED) is 0.786. The Morgan fingerprint density at radius 1 is 1.20 bits per heavy atom. The number of aromatic carboxylic acids is 1. The molecule has 0 amide bonds. The van der Waals surface area contributed by atoms with Gasteiger partial charge in [0.05, 0.1) is 0 Å². The predicted octanol–water partition coefficient (Wildman–Crippen LogP) is 4.05. The molecule has 5 heteroatoms. The number of carboxylic acid groups (broad SMARTS) is 1. The summed E-state index contributed by atoms with van der Waals surface area (Å²) < 4.78 is 0. The smallest absolute Gasteiger partial charge is 0.355 e. The summed E-state index contributed by atoms with van der Waals surface area (Å²) in [6, 6.07) is 0. The molecule has 20 heavy (non-hydrogen) atoms. The molecule has 0 saturated carbocycles. The van der Waals surface area contributed by atoms with Gasteiger partial charge in [-0.05, 0) is 31.6 Å². The molecule has 0 atom stereocenters. The Labute approximate surface area is 125 Å². The minimum Gasteiger partial charge on any atom is -0.476 e. The second kappa shape index (κ2) is 7.62. The molecule has 1 rings (SSSR count). The first kappa shape index (κ1) is 17.0. The van der Waals surface area contributed by atoms with E-state index in [4.69, 9.17) is 5.11 Å². The molecule has 4 nitrogen and oxygen atoms in total. The third-order valence-corrected chi connectivity index (χ3v) is 4.24. The van der Waals surface area contributed by atoms with E-state index in [0.717, 1.165) is 35.9 Å². The predicted molar refractivity (Wildman–Crippen MR) is 84.9 cm³/mol. The Kier molecular flexibility index (Phi) is 6.46. The normalized spacial score (nSPS) is 11.3. The number of thiazole rings is 1. The standard InChI is InChI=1S/C15H26N2O2S/c1-10(2)6-8-17(9-7-11(3)4)15-16-13(14(18)19)12(5)20-15/h10-11H,6-9H2,1-5H3,(H,18,19). The molecule has 0 aliphatic carbocycles. The number of rotatable bonds is 8. The highest BCUT2D eigenvalue weighted by atomic mass is 32.1. The molecule has 0 unspecified atom stereocenters. The van der Waals surface area contributed by atoms with Crippen LogP contribution in [-0.2, 0) is 0 Å². The molecular weight excluding hydrogens is 272 g/mol. The van der Waals surface area contributed by atoms with Crippen LogP contribution < -0.4 is 4.90 Å². The van der Waals surface area contributed by atoms with Crippen LogP contribution in [0.4, 0.5) is 5.13 Å². The Morgan fingerprint density at radius 2 is 1.70 bits per heavy atom. The molecule has 114 valence electrons. The number of carbonyl (C=O) groups is 1. The fourth-order valence-electron chi connectivity index (χ4n) is 1.85. The average molecular weight is 298 g/mol. The lowest BCUT2D eigenvalue weighted by molar-refractivity contribution is 0.0690. The molecule has 0 bridgehead atoms. The summed E-state index contributed by atoms with van der Waals surface area (Å²) in [4.78, 5) is 18.5. The highest BCUT2D eigenvalue weighted by Crippen LogP contribution is 2.27. The molecule has 1 N–H and O–H groups in total. The van der Waals surface area contributed by atoms with E-state index in [2.05, 4.69) is 37.6 Å². The van der Waals surface area contributed by atoms with Gasteiger partial charge >= 0.3 is 5.97 Å². The van der Waals surface area contributed by atoms with Crippen molar-refractivity contribution in [3.63, 3.8) is 0 Å². The molecule has 0 aliphatic heterocycles. The number of hydrogen-bond acceptors (Lipinski definition) is 4. The average Bonchev–Trinajstić information content (AvgIpc) is 2.70. The summed E-state index contributed by atoms with van der Waals surface area (Å²) in [5, 5.41) is 9.97. The van der Waals surface area contributed by atoms with Gasteiger partial charge in [-0.15, -0.1) is 11.3 Å². The Balaban J connectivity index is 2.85. The lowest BCUT2D eigenvalue weighted by atomic mass is 10.1. The summed E-state index contributed by atoms with van der Waals surface area (Å²) in [6.07, 6.45) is 2.19. The SMILES string of the molecule is Cc1sc(N(CCC(C)C)CCC(C)C)nc1C(=O)O. The van der Waals surface area contributed by atoms with E-state index < -0.39 is 5.97 Å². The lowest BCUT2D eigenvalue weighted by Gasteiger charge is -2.23. The number of carboxylic acids is 1. The van der Waals surface area contributed by atoms with Gasteiger partial charge in [0.25, 0.3) is 0 Å². The van der Waals surface area contributed by atoms with Gasteiger partial charge in [0.2, 0.25) is 0 Å². The zero-order valence-electron chi connectivity index (χ0n) is 13.1. The van der Waals surface area contributed by atoms with Crippen LogP contribution in [0.1, 0.15) is 55.9 Å². The summed E-state index contributed by atoms with van der Waals surface area (Å²) in [5.74, 6) is 0.339. The number of aromatic nitrogens is 1. The van der Waals surface area contributed by atoms with Crippen LogP contribution in [0.25, 0.3) is 0 Å². The van der Waals surface area contributed by atoms with Crippen molar-refractivity contribution >= 4 is 22.4 Å². The van der Waals surface area contributed by atoms with Crippen LogP contribution in [0, 0.1) is 18.8 Å². The van der Waals surface area contributed by atoms with E-state index in [-0.39, 0.29) is 5.69 Å². The minimum atomic E-state index is -0.933. The third kappa shape index (κ3) is 5.12. The molecule has 0 saturated heterocycles. The van der Waals surface area contributed by atoms with Crippen molar-refractivity contribution < 1.29 is 9.90 Å². The van der Waals surface area contributed by atoms with Gasteiger partial charge in [0.1, 0.15) is 0 Å². The van der Waals surface area contributed by atoms with Crippen molar-refractivity contribution in [2.75, 3.05) is 18.0 Å². The van der Waals surface area contributed by atoms with Crippen molar-refractivity contribution in [3.05, 3.63) is 10.6 Å². The van der Waals surface area contributed by atoms with E-state index in [1.165, 1.54) is 11.3 Å². The van der Waals surface area contributed by atoms with Crippen molar-refractivity contribution in [1.82, 2.24) is 4.98 Å². The fraction of sp³-hybridized carbons (Fsp3) is 0.733. The summed E-state index contributed by atoms with van der Waals surface area (Å²) in [6.45, 7) is 12.5. The fourth-order valence-corrected chi connectivity index (χ4v) is 2.80. The molecule has 1 aromatic rings. The highest BCUT2D eigenvalue weighted by molar-refractivity contribution is 7.15. The first-order chi connectivity index (χ1) is 9.31. The van der Waals surface area contributed by atoms with Gasteiger partial charge in [0, 0.05) is 18.0 Å². The van der Waals surface area contributed by atoms with Crippen LogP contribution in [0.3, 0.4) is 0 Å². The number of aryl methyl sites for hydroxylation is 1. The van der Waals surface area contributed by atoms with Gasteiger partial charge in [-0.2, -0.15) is 0 Å². The van der Waals surface area contributed by atoms with Crippen LogP contribution in [-0.4, -0.2) is 29.1 Å². The molecule has 0 aliphatic rings. The Morgan fingerprint density at radius 3 is 2.05 bits per heavy atom. The molecular formula is C15H26N2O2S. The second-order valence-electron chi connectivity index (χ2n) is 6.06. The summed E-state index contributed by atoms with van der Waals surface area (Å²) in [7, 11) is 0. The van der Waals surface area contributed by atoms with E-state index in [9.17, 15) is 4.79 Å². The second-order valence-corrected chi connectivity index (χ2v) is 7.24. The maximum absolute atomic E-state index is 11.1. The van der Waals surface area contributed by atoms with Crippen molar-refractivity contribution in [3.8, 4) is 0 Å². The number of anilines is 1. The summed E-state index contributed by atoms with van der Waals surface area (Å²) in [5.41, 5.74) is 0.198. The first-order valence-electron chi connectivity index (χ1n) is 7.27. The van der Waals surface area contributed by atoms with Crippen molar-refractivity contribution in [1.29, 1.82) is 0 Å². The topological polar surface area (TPSA) is 53.4 Å². The zero-order valence-corrected chi connectivity index (χ0v) is 14.0.